The largest absolute Gasteiger partial charge is 0.419 e. The predicted molar refractivity (Wildman–Crippen MR) is 115 cm³/mol. The van der Waals surface area contributed by atoms with Crippen molar-refractivity contribution in [2.45, 2.75) is 38.9 Å². The lowest BCUT2D eigenvalue weighted by molar-refractivity contribution is -0.0863. The van der Waals surface area contributed by atoms with Crippen LogP contribution in [0.5, 0.6) is 0 Å². The second-order valence-electron chi connectivity index (χ2n) is 6.59. The number of halogens is 3. The number of allylic oxidation sites excluding steroid dienone is 2. The van der Waals surface area contributed by atoms with Crippen molar-refractivity contribution >= 4 is 23.9 Å². The highest BCUT2D eigenvalue weighted by Gasteiger charge is 2.34. The van der Waals surface area contributed by atoms with Crippen molar-refractivity contribution < 1.29 is 13.2 Å². The molecule has 0 radical (unpaired) electrons. The van der Waals surface area contributed by atoms with Crippen molar-refractivity contribution in [2.75, 3.05) is 20.6 Å². The Hall–Kier alpha value is -2.61. The van der Waals surface area contributed by atoms with Crippen LogP contribution in [-0.4, -0.2) is 50.3 Å². The fraction of sp³-hybridized carbons (Fsp3) is 0.429. The van der Waals surface area contributed by atoms with Crippen LogP contribution >= 0.6 is 0 Å². The van der Waals surface area contributed by atoms with E-state index in [1.807, 2.05) is 14.1 Å². The van der Waals surface area contributed by atoms with Crippen molar-refractivity contribution in [2.24, 2.45) is 15.7 Å². The minimum absolute atomic E-state index is 0.248. The molecule has 1 atom stereocenters. The van der Waals surface area contributed by atoms with Gasteiger partial charge in [-0.25, -0.2) is 4.99 Å². The molecular formula is C21H30F3N5. The van der Waals surface area contributed by atoms with Gasteiger partial charge in [0.25, 0.3) is 0 Å². The number of nitrogens with two attached hydrogens (primary N) is 1. The van der Waals surface area contributed by atoms with Gasteiger partial charge in [0, 0.05) is 25.0 Å². The minimum Gasteiger partial charge on any atom is -0.390 e. The third-order valence-electron chi connectivity index (χ3n) is 4.68. The van der Waals surface area contributed by atoms with Crippen molar-refractivity contribution in [1.82, 2.24) is 10.2 Å². The Balaban J connectivity index is 2.99. The van der Waals surface area contributed by atoms with Crippen LogP contribution in [0.3, 0.4) is 0 Å². The van der Waals surface area contributed by atoms with Crippen LogP contribution in [0, 0.1) is 0 Å². The van der Waals surface area contributed by atoms with Crippen molar-refractivity contribution in [3.63, 3.8) is 0 Å². The molecule has 1 aromatic rings. The summed E-state index contributed by atoms with van der Waals surface area (Å²) in [6, 6.07) is 7.28. The van der Waals surface area contributed by atoms with E-state index in [0.29, 0.717) is 11.7 Å². The lowest BCUT2D eigenvalue weighted by Crippen LogP contribution is -2.32. The summed E-state index contributed by atoms with van der Waals surface area (Å²) in [5, 5.41) is 3.15. The van der Waals surface area contributed by atoms with Crippen molar-refractivity contribution in [3.8, 4) is 0 Å². The molecule has 0 fully saturated rings. The van der Waals surface area contributed by atoms with Crippen LogP contribution in [0.15, 0.2) is 52.1 Å². The summed E-state index contributed by atoms with van der Waals surface area (Å²) in [5.74, 6) is 0. The lowest BCUT2D eigenvalue weighted by Gasteiger charge is -2.31. The SMILES string of the molecule is C=C(c1ccc(N=C/C(=C(/C)N=CN)C(F)(F)F)cc1)N(C)C(CC)CCNC. The Morgan fingerprint density at radius 2 is 1.93 bits per heavy atom. The average Bonchev–Trinajstić information content (AvgIpc) is 2.67. The van der Waals surface area contributed by atoms with E-state index in [1.54, 1.807) is 24.3 Å². The van der Waals surface area contributed by atoms with E-state index in [-0.39, 0.29) is 5.70 Å². The number of rotatable bonds is 10. The predicted octanol–water partition coefficient (Wildman–Crippen LogP) is 4.50. The summed E-state index contributed by atoms with van der Waals surface area (Å²) < 4.78 is 39.5. The summed E-state index contributed by atoms with van der Waals surface area (Å²) in [5.41, 5.74) is 6.05. The second-order valence-corrected chi connectivity index (χ2v) is 6.59. The molecule has 0 aliphatic rings. The Bertz CT molecular complexity index is 749. The lowest BCUT2D eigenvalue weighted by atomic mass is 10.1. The molecule has 1 unspecified atom stereocenters. The minimum atomic E-state index is -4.57. The van der Waals surface area contributed by atoms with Crippen molar-refractivity contribution in [3.05, 3.63) is 47.7 Å². The normalized spacial score (nSPS) is 14.3. The third kappa shape index (κ3) is 7.38. The molecule has 0 aliphatic carbocycles. The number of nitrogens with one attached hydrogen (secondary N) is 1. The van der Waals surface area contributed by atoms with E-state index in [0.717, 1.165) is 43.2 Å². The van der Waals surface area contributed by atoms with Crippen LogP contribution in [-0.2, 0) is 0 Å². The first-order valence-corrected chi connectivity index (χ1v) is 9.38. The van der Waals surface area contributed by atoms with Gasteiger partial charge < -0.3 is 16.0 Å². The van der Waals surface area contributed by atoms with E-state index < -0.39 is 11.7 Å². The number of aliphatic imine (C=N–C) groups is 2. The zero-order valence-electron chi connectivity index (χ0n) is 17.4. The Kier molecular flexibility index (Phi) is 9.61. The molecule has 8 heteroatoms. The van der Waals surface area contributed by atoms with E-state index in [4.69, 9.17) is 5.73 Å². The van der Waals surface area contributed by atoms with Gasteiger partial charge in [0.2, 0.25) is 0 Å². The first kappa shape index (κ1) is 24.4. The Morgan fingerprint density at radius 1 is 1.31 bits per heavy atom. The van der Waals surface area contributed by atoms with Crippen LogP contribution in [0.1, 0.15) is 32.3 Å². The molecule has 29 heavy (non-hydrogen) atoms. The topological polar surface area (TPSA) is 66.0 Å². The quantitative estimate of drug-likeness (QED) is 0.442. The zero-order chi connectivity index (χ0) is 22.0. The van der Waals surface area contributed by atoms with E-state index >= 15 is 0 Å². The maximum Gasteiger partial charge on any atom is 0.419 e. The number of alkyl halides is 3. The number of benzene rings is 1. The average molecular weight is 410 g/mol. The molecule has 0 aliphatic heterocycles. The molecule has 0 saturated heterocycles. The van der Waals surface area contributed by atoms with Crippen molar-refractivity contribution in [1.29, 1.82) is 0 Å². The van der Waals surface area contributed by atoms with Crippen LogP contribution < -0.4 is 11.1 Å². The van der Waals surface area contributed by atoms with E-state index in [1.165, 1.54) is 6.92 Å². The fourth-order valence-corrected chi connectivity index (χ4v) is 2.84. The monoisotopic (exact) mass is 409 g/mol. The zero-order valence-corrected chi connectivity index (χ0v) is 17.4. The molecule has 0 saturated carbocycles. The summed E-state index contributed by atoms with van der Waals surface area (Å²) in [7, 11) is 3.92. The maximum absolute atomic E-state index is 13.2. The second kappa shape index (κ2) is 11.4. The molecule has 3 N–H and O–H groups in total. The molecule has 160 valence electrons. The number of hydrogen-bond acceptors (Lipinski definition) is 4. The van der Waals surface area contributed by atoms with Crippen LogP contribution in [0.4, 0.5) is 18.9 Å². The molecule has 1 aromatic carbocycles. The molecule has 0 spiro atoms. The van der Waals surface area contributed by atoms with Gasteiger partial charge in [0.15, 0.2) is 0 Å². The van der Waals surface area contributed by atoms with Crippen LogP contribution in [0.25, 0.3) is 5.70 Å². The maximum atomic E-state index is 13.2. The van der Waals surface area contributed by atoms with Gasteiger partial charge in [0.05, 0.1) is 23.3 Å². The standard InChI is InChI=1S/C21H30F3N5/c1-6-19(11-12-26-4)29(5)16(3)17-7-9-18(10-8-17)27-13-20(21(22,23)24)15(2)28-14-25/h7-10,13-14,19,26H,3,6,11-12H2,1-2,4-5H3,(H2,25,28)/b20-15+,27-13?. The van der Waals surface area contributed by atoms with E-state index in [2.05, 4.69) is 33.7 Å². The molecule has 0 aromatic heterocycles. The van der Waals surface area contributed by atoms with Gasteiger partial charge >= 0.3 is 6.18 Å². The summed E-state index contributed by atoms with van der Waals surface area (Å²) >= 11 is 0. The first-order valence-electron chi connectivity index (χ1n) is 9.38. The summed E-state index contributed by atoms with van der Waals surface area (Å²) in [6.07, 6.45) is -1.01. The van der Waals surface area contributed by atoms with Crippen LogP contribution in [0.2, 0.25) is 0 Å². The van der Waals surface area contributed by atoms with Gasteiger partial charge in [-0.15, -0.1) is 0 Å². The smallest absolute Gasteiger partial charge is 0.390 e. The number of nitrogens with zero attached hydrogens (tertiary/aromatic N) is 3. The Morgan fingerprint density at radius 3 is 2.41 bits per heavy atom. The van der Waals surface area contributed by atoms with Gasteiger partial charge in [-0.1, -0.05) is 25.6 Å². The third-order valence-corrected chi connectivity index (χ3v) is 4.68. The first-order chi connectivity index (χ1) is 13.6. The van der Waals surface area contributed by atoms with Gasteiger partial charge in [-0.05, 0) is 51.1 Å². The van der Waals surface area contributed by atoms with Gasteiger partial charge in [0.1, 0.15) is 0 Å². The summed E-state index contributed by atoms with van der Waals surface area (Å²) in [6.45, 7) is 8.44. The molecular weight excluding hydrogens is 379 g/mol. The molecule has 1 rings (SSSR count). The van der Waals surface area contributed by atoms with Gasteiger partial charge in [-0.2, -0.15) is 13.2 Å². The van der Waals surface area contributed by atoms with Gasteiger partial charge in [-0.3, -0.25) is 4.99 Å². The number of hydrogen-bond donors (Lipinski definition) is 2. The molecule has 0 amide bonds. The fourth-order valence-electron chi connectivity index (χ4n) is 2.84. The molecule has 5 nitrogen and oxygen atoms in total. The highest BCUT2D eigenvalue weighted by Crippen LogP contribution is 2.28. The highest BCUT2D eigenvalue weighted by molar-refractivity contribution is 5.84. The van der Waals surface area contributed by atoms with E-state index in [9.17, 15) is 13.2 Å². The molecule has 0 bridgehead atoms. The molecule has 0 heterocycles. The Labute approximate surface area is 170 Å². The highest BCUT2D eigenvalue weighted by atomic mass is 19.4. The summed E-state index contributed by atoms with van der Waals surface area (Å²) in [4.78, 5) is 9.58.